The van der Waals surface area contributed by atoms with Gasteiger partial charge in [-0.1, -0.05) is 62.1 Å². The molecule has 0 amide bonds. The molecule has 0 saturated carbocycles. The van der Waals surface area contributed by atoms with Gasteiger partial charge >= 0.3 is 18.9 Å². The summed E-state index contributed by atoms with van der Waals surface area (Å²) in [6.45, 7) is 4.56. The van der Waals surface area contributed by atoms with Crippen LogP contribution in [0.1, 0.15) is 32.3 Å². The van der Waals surface area contributed by atoms with Gasteiger partial charge in [0, 0.05) is 0 Å². The Morgan fingerprint density at radius 2 is 1.86 bits per heavy atom. The molecule has 1 aromatic carbocycles. The van der Waals surface area contributed by atoms with E-state index in [0.717, 1.165) is 12.3 Å². The van der Waals surface area contributed by atoms with Crippen LogP contribution in [0.5, 0.6) is 0 Å². The Labute approximate surface area is 100 Å². The first-order chi connectivity index (χ1) is 6.33. The zero-order chi connectivity index (χ0) is 9.52. The molecule has 14 heavy (non-hydrogen) atoms. The first kappa shape index (κ1) is 13.8. The molecule has 72 valence electrons. The second-order valence-electron chi connectivity index (χ2n) is 3.73. The zero-order valence-electron chi connectivity index (χ0n) is 9.66. The van der Waals surface area contributed by atoms with Gasteiger partial charge in [-0.3, -0.25) is 0 Å². The van der Waals surface area contributed by atoms with Crippen LogP contribution in [0.25, 0.3) is 0 Å². The van der Waals surface area contributed by atoms with Gasteiger partial charge in [-0.25, -0.2) is 0 Å². The molecule has 0 fully saturated rings. The van der Waals surface area contributed by atoms with Crippen molar-refractivity contribution in [3.8, 4) is 0 Å². The van der Waals surface area contributed by atoms with Crippen LogP contribution in [-0.4, -0.2) is 0 Å². The van der Waals surface area contributed by atoms with Crippen LogP contribution in [0.2, 0.25) is 0 Å². The third kappa shape index (κ3) is 5.53. The van der Waals surface area contributed by atoms with Crippen LogP contribution in [-0.2, 0) is 6.42 Å². The van der Waals surface area contributed by atoms with Crippen LogP contribution in [0, 0.1) is 12.3 Å². The van der Waals surface area contributed by atoms with Crippen molar-refractivity contribution in [1.29, 1.82) is 0 Å². The SMILES string of the molecule is CCC(C)C[CH-]Cc1ccccc1.[Li+]. The average molecular weight is 182 g/mol. The molecule has 1 heteroatoms. The molecule has 0 aliphatic heterocycles. The van der Waals surface area contributed by atoms with E-state index in [0.29, 0.717) is 0 Å². The molecule has 0 saturated heterocycles. The molecule has 0 spiro atoms. The standard InChI is InChI=1S/C13H19.Li/c1-3-12(2)8-7-11-13-9-5-4-6-10-13;/h4-7,9-10,12H,3,8,11H2,1-2H3;/q-1;+1. The van der Waals surface area contributed by atoms with Gasteiger partial charge in [-0.2, -0.15) is 12.8 Å². The Bertz CT molecular complexity index is 218. The minimum Gasteiger partial charge on any atom is -0.324 e. The first-order valence-electron chi connectivity index (χ1n) is 5.18. The summed E-state index contributed by atoms with van der Waals surface area (Å²) in [6, 6.07) is 10.7. The topological polar surface area (TPSA) is 0 Å². The third-order valence-corrected chi connectivity index (χ3v) is 2.49. The van der Waals surface area contributed by atoms with Gasteiger partial charge in [0.2, 0.25) is 0 Å². The van der Waals surface area contributed by atoms with E-state index in [1.54, 1.807) is 0 Å². The van der Waals surface area contributed by atoms with E-state index in [4.69, 9.17) is 0 Å². The van der Waals surface area contributed by atoms with E-state index < -0.39 is 0 Å². The van der Waals surface area contributed by atoms with Gasteiger partial charge in [-0.15, -0.1) is 0 Å². The molecule has 1 aromatic rings. The summed E-state index contributed by atoms with van der Waals surface area (Å²) in [5, 5.41) is 0. The smallest absolute Gasteiger partial charge is 0.324 e. The Hall–Kier alpha value is -0.183. The largest absolute Gasteiger partial charge is 1.00 e. The predicted molar refractivity (Wildman–Crippen MR) is 58.5 cm³/mol. The second-order valence-corrected chi connectivity index (χ2v) is 3.73. The van der Waals surface area contributed by atoms with Crippen LogP contribution >= 0.6 is 0 Å². The summed E-state index contributed by atoms with van der Waals surface area (Å²) in [5.74, 6) is 0.837. The summed E-state index contributed by atoms with van der Waals surface area (Å²) >= 11 is 0. The minimum atomic E-state index is 0. The molecule has 0 heterocycles. The van der Waals surface area contributed by atoms with Gasteiger partial charge in [-0.05, 0) is 0 Å². The van der Waals surface area contributed by atoms with Crippen LogP contribution in [0.3, 0.4) is 0 Å². The van der Waals surface area contributed by atoms with Crippen molar-refractivity contribution in [1.82, 2.24) is 0 Å². The zero-order valence-corrected chi connectivity index (χ0v) is 9.66. The van der Waals surface area contributed by atoms with Gasteiger partial charge in [0.25, 0.3) is 0 Å². The van der Waals surface area contributed by atoms with Crippen molar-refractivity contribution in [3.05, 3.63) is 42.3 Å². The van der Waals surface area contributed by atoms with Crippen molar-refractivity contribution in [2.75, 3.05) is 0 Å². The maximum Gasteiger partial charge on any atom is 1.00 e. The molecule has 0 aliphatic carbocycles. The van der Waals surface area contributed by atoms with Gasteiger partial charge in [0.15, 0.2) is 0 Å². The van der Waals surface area contributed by atoms with E-state index in [-0.39, 0.29) is 18.9 Å². The fourth-order valence-corrected chi connectivity index (χ4v) is 1.32. The van der Waals surface area contributed by atoms with E-state index in [1.165, 1.54) is 18.4 Å². The molecular weight excluding hydrogens is 163 g/mol. The van der Waals surface area contributed by atoms with Crippen LogP contribution in [0.4, 0.5) is 0 Å². The molecule has 0 bridgehead atoms. The monoisotopic (exact) mass is 182 g/mol. The molecule has 0 N–H and O–H groups in total. The van der Waals surface area contributed by atoms with Crippen LogP contribution in [0.15, 0.2) is 30.3 Å². The number of hydrogen-bond acceptors (Lipinski definition) is 0. The van der Waals surface area contributed by atoms with E-state index in [9.17, 15) is 0 Å². The van der Waals surface area contributed by atoms with Crippen molar-refractivity contribution < 1.29 is 18.9 Å². The molecule has 0 aromatic heterocycles. The molecule has 1 atom stereocenters. The fraction of sp³-hybridized carbons (Fsp3) is 0.462. The Morgan fingerprint density at radius 3 is 2.43 bits per heavy atom. The van der Waals surface area contributed by atoms with E-state index in [2.05, 4.69) is 50.6 Å². The van der Waals surface area contributed by atoms with Gasteiger partial charge in [0.05, 0.1) is 0 Å². The Kier molecular flexibility index (Phi) is 8.05. The number of hydrogen-bond donors (Lipinski definition) is 0. The molecule has 1 unspecified atom stereocenters. The summed E-state index contributed by atoms with van der Waals surface area (Å²) < 4.78 is 0. The summed E-state index contributed by atoms with van der Waals surface area (Å²) in [6.07, 6.45) is 6.03. The first-order valence-corrected chi connectivity index (χ1v) is 5.18. The number of rotatable bonds is 5. The Morgan fingerprint density at radius 1 is 1.21 bits per heavy atom. The van der Waals surface area contributed by atoms with Crippen molar-refractivity contribution in [2.45, 2.75) is 33.1 Å². The second kappa shape index (κ2) is 8.15. The third-order valence-electron chi connectivity index (χ3n) is 2.49. The van der Waals surface area contributed by atoms with Gasteiger partial charge in [0.1, 0.15) is 0 Å². The average Bonchev–Trinajstić information content (AvgIpc) is 2.19. The van der Waals surface area contributed by atoms with Crippen molar-refractivity contribution in [3.63, 3.8) is 0 Å². The van der Waals surface area contributed by atoms with Crippen LogP contribution < -0.4 is 18.9 Å². The van der Waals surface area contributed by atoms with E-state index >= 15 is 0 Å². The fourth-order valence-electron chi connectivity index (χ4n) is 1.32. The van der Waals surface area contributed by atoms with E-state index in [1.807, 2.05) is 0 Å². The predicted octanol–water partition coefficient (Wildman–Crippen LogP) is 0.874. The number of benzene rings is 1. The van der Waals surface area contributed by atoms with Gasteiger partial charge < -0.3 is 6.42 Å². The van der Waals surface area contributed by atoms with Crippen molar-refractivity contribution >= 4 is 0 Å². The molecule has 1 rings (SSSR count). The maximum atomic E-state index is 2.39. The summed E-state index contributed by atoms with van der Waals surface area (Å²) in [5.41, 5.74) is 1.42. The maximum absolute atomic E-state index is 2.39. The quantitative estimate of drug-likeness (QED) is 0.468. The molecule has 0 nitrogen and oxygen atoms in total. The Balaban J connectivity index is 0.00000169. The summed E-state index contributed by atoms with van der Waals surface area (Å²) in [7, 11) is 0. The molecule has 0 radical (unpaired) electrons. The summed E-state index contributed by atoms with van der Waals surface area (Å²) in [4.78, 5) is 0. The molecular formula is C13H19Li. The normalized spacial score (nSPS) is 11.9. The minimum absolute atomic E-state index is 0. The van der Waals surface area contributed by atoms with Crippen molar-refractivity contribution in [2.24, 2.45) is 5.92 Å². The molecule has 0 aliphatic rings.